The molecule has 1 aromatic heterocycles. The van der Waals surface area contributed by atoms with Gasteiger partial charge in [0, 0.05) is 30.9 Å². The smallest absolute Gasteiger partial charge is 0.191 e. The molecule has 0 fully saturated rings. The van der Waals surface area contributed by atoms with Gasteiger partial charge in [0.2, 0.25) is 0 Å². The van der Waals surface area contributed by atoms with Gasteiger partial charge in [0.15, 0.2) is 17.6 Å². The van der Waals surface area contributed by atoms with Crippen molar-refractivity contribution >= 4 is 29.1 Å². The van der Waals surface area contributed by atoms with Crippen LogP contribution in [0, 0.1) is 11.6 Å². The van der Waals surface area contributed by atoms with Crippen LogP contribution in [-0.4, -0.2) is 30.3 Å². The molecule has 1 aromatic carbocycles. The van der Waals surface area contributed by atoms with Crippen LogP contribution in [0.3, 0.4) is 0 Å². The maximum Gasteiger partial charge on any atom is 0.191 e. The summed E-state index contributed by atoms with van der Waals surface area (Å²) in [7, 11) is 1.68. The molecule has 2 aromatic rings. The summed E-state index contributed by atoms with van der Waals surface area (Å²) in [6, 6.07) is 3.71. The van der Waals surface area contributed by atoms with Crippen molar-refractivity contribution in [2.24, 2.45) is 4.99 Å². The zero-order valence-corrected chi connectivity index (χ0v) is 15.2. The van der Waals surface area contributed by atoms with Crippen LogP contribution in [0.25, 0.3) is 0 Å². The first-order valence-corrected chi connectivity index (χ1v) is 9.41. The average molecular weight is 370 g/mol. The molecule has 4 nitrogen and oxygen atoms in total. The number of benzene rings is 1. The van der Waals surface area contributed by atoms with E-state index in [0.29, 0.717) is 11.5 Å². The van der Waals surface area contributed by atoms with Crippen molar-refractivity contribution in [3.8, 4) is 0 Å². The zero-order valence-electron chi connectivity index (χ0n) is 13.6. The van der Waals surface area contributed by atoms with Gasteiger partial charge in [-0.3, -0.25) is 4.99 Å². The number of aliphatic imine (C=N–C) groups is 1. The number of guanidine groups is 1. The Kier molecular flexibility index (Phi) is 7.45. The predicted molar refractivity (Wildman–Crippen MR) is 96.7 cm³/mol. The normalized spacial score (nSPS) is 12.9. The Morgan fingerprint density at radius 1 is 1.38 bits per heavy atom. The third kappa shape index (κ3) is 5.76. The fourth-order valence-corrected chi connectivity index (χ4v) is 3.63. The van der Waals surface area contributed by atoms with Crippen LogP contribution in [0.5, 0.6) is 0 Å². The van der Waals surface area contributed by atoms with Crippen molar-refractivity contribution < 1.29 is 8.78 Å². The summed E-state index contributed by atoms with van der Waals surface area (Å²) < 4.78 is 27.4. The molecule has 24 heavy (non-hydrogen) atoms. The molecule has 8 heteroatoms. The molecule has 0 saturated carbocycles. The lowest BCUT2D eigenvalue weighted by atomic mass is 10.1. The Balaban J connectivity index is 1.73. The maximum absolute atomic E-state index is 13.3. The van der Waals surface area contributed by atoms with Crippen LogP contribution in [0.4, 0.5) is 8.78 Å². The molecule has 0 spiro atoms. The first kappa shape index (κ1) is 18.7. The summed E-state index contributed by atoms with van der Waals surface area (Å²) in [6.07, 6.45) is 2.77. The van der Waals surface area contributed by atoms with E-state index in [1.54, 1.807) is 42.4 Å². The standard InChI is InChI=1S/C16H20F2N4S2/c1-11(12-4-5-13(17)14(18)10-12)22-15(19-2)20-6-3-8-23-16-21-7-9-24-16/h4-5,7,9-11H,3,6,8H2,1-2H3,(H2,19,20,22). The molecule has 0 aliphatic heterocycles. The van der Waals surface area contributed by atoms with Gasteiger partial charge in [-0.05, 0) is 31.0 Å². The highest BCUT2D eigenvalue weighted by molar-refractivity contribution is 8.00. The van der Waals surface area contributed by atoms with Gasteiger partial charge < -0.3 is 10.6 Å². The second kappa shape index (κ2) is 9.58. The van der Waals surface area contributed by atoms with E-state index in [9.17, 15) is 8.78 Å². The molecule has 0 aliphatic rings. The fourth-order valence-electron chi connectivity index (χ4n) is 1.98. The molecule has 1 unspecified atom stereocenters. The second-order valence-corrected chi connectivity index (χ2v) is 7.28. The van der Waals surface area contributed by atoms with Gasteiger partial charge in [0.1, 0.15) is 4.34 Å². The minimum absolute atomic E-state index is 0.184. The van der Waals surface area contributed by atoms with E-state index in [-0.39, 0.29) is 6.04 Å². The first-order chi connectivity index (χ1) is 11.6. The number of nitrogens with zero attached hydrogens (tertiary/aromatic N) is 2. The van der Waals surface area contributed by atoms with Gasteiger partial charge in [-0.15, -0.1) is 11.3 Å². The molecule has 0 radical (unpaired) electrons. The lowest BCUT2D eigenvalue weighted by Crippen LogP contribution is -2.39. The topological polar surface area (TPSA) is 49.3 Å². The zero-order chi connectivity index (χ0) is 17.4. The lowest BCUT2D eigenvalue weighted by molar-refractivity contribution is 0.504. The molecular formula is C16H20F2N4S2. The van der Waals surface area contributed by atoms with Crippen molar-refractivity contribution in [1.82, 2.24) is 15.6 Å². The fraction of sp³-hybridized carbons (Fsp3) is 0.375. The van der Waals surface area contributed by atoms with E-state index >= 15 is 0 Å². The molecule has 0 aliphatic carbocycles. The van der Waals surface area contributed by atoms with E-state index < -0.39 is 11.6 Å². The summed E-state index contributed by atoms with van der Waals surface area (Å²) >= 11 is 3.37. The van der Waals surface area contributed by atoms with Crippen molar-refractivity contribution in [3.05, 3.63) is 47.0 Å². The number of nitrogens with one attached hydrogen (secondary N) is 2. The molecular weight excluding hydrogens is 350 g/mol. The van der Waals surface area contributed by atoms with Crippen molar-refractivity contribution in [2.75, 3.05) is 19.3 Å². The van der Waals surface area contributed by atoms with Gasteiger partial charge >= 0.3 is 0 Å². The molecule has 130 valence electrons. The summed E-state index contributed by atoms with van der Waals surface area (Å²) in [4.78, 5) is 8.37. The van der Waals surface area contributed by atoms with Gasteiger partial charge in [-0.1, -0.05) is 17.8 Å². The van der Waals surface area contributed by atoms with Crippen LogP contribution in [0.1, 0.15) is 24.9 Å². The van der Waals surface area contributed by atoms with Crippen molar-refractivity contribution in [1.29, 1.82) is 0 Å². The van der Waals surface area contributed by atoms with E-state index in [2.05, 4.69) is 20.6 Å². The van der Waals surface area contributed by atoms with E-state index in [4.69, 9.17) is 0 Å². The summed E-state index contributed by atoms with van der Waals surface area (Å²) in [5, 5.41) is 8.35. The van der Waals surface area contributed by atoms with E-state index in [1.807, 2.05) is 12.3 Å². The van der Waals surface area contributed by atoms with Crippen LogP contribution in [0.2, 0.25) is 0 Å². The van der Waals surface area contributed by atoms with Crippen LogP contribution >= 0.6 is 23.1 Å². The van der Waals surface area contributed by atoms with Crippen molar-refractivity contribution in [3.63, 3.8) is 0 Å². The molecule has 0 bridgehead atoms. The second-order valence-electron chi connectivity index (χ2n) is 5.04. The Labute approximate surface area is 148 Å². The number of rotatable bonds is 7. The highest BCUT2D eigenvalue weighted by Gasteiger charge is 2.10. The number of thioether (sulfide) groups is 1. The third-order valence-electron chi connectivity index (χ3n) is 3.27. The highest BCUT2D eigenvalue weighted by Crippen LogP contribution is 2.20. The quantitative estimate of drug-likeness (QED) is 0.337. The lowest BCUT2D eigenvalue weighted by Gasteiger charge is -2.18. The number of hydrogen-bond acceptors (Lipinski definition) is 4. The third-order valence-corrected chi connectivity index (χ3v) is 5.32. The summed E-state index contributed by atoms with van der Waals surface area (Å²) in [5.74, 6) is -0.0862. The Hall–Kier alpha value is -1.67. The number of halogens is 2. The molecule has 2 rings (SSSR count). The number of aromatic nitrogens is 1. The van der Waals surface area contributed by atoms with Gasteiger partial charge in [0.05, 0.1) is 6.04 Å². The first-order valence-electron chi connectivity index (χ1n) is 7.54. The summed E-state index contributed by atoms with van der Waals surface area (Å²) in [6.45, 7) is 2.64. The number of thiazole rings is 1. The molecule has 2 N–H and O–H groups in total. The minimum Gasteiger partial charge on any atom is -0.356 e. The highest BCUT2D eigenvalue weighted by atomic mass is 32.2. The Bertz CT molecular complexity index is 662. The van der Waals surface area contributed by atoms with E-state index in [0.717, 1.165) is 29.1 Å². The number of hydrogen-bond donors (Lipinski definition) is 2. The van der Waals surface area contributed by atoms with Crippen LogP contribution in [0.15, 0.2) is 39.1 Å². The summed E-state index contributed by atoms with van der Waals surface area (Å²) in [5.41, 5.74) is 0.663. The average Bonchev–Trinajstić information content (AvgIpc) is 3.09. The van der Waals surface area contributed by atoms with E-state index in [1.165, 1.54) is 6.07 Å². The van der Waals surface area contributed by atoms with Gasteiger partial charge in [-0.2, -0.15) is 0 Å². The van der Waals surface area contributed by atoms with Crippen LogP contribution < -0.4 is 10.6 Å². The maximum atomic E-state index is 13.3. The van der Waals surface area contributed by atoms with Crippen LogP contribution in [-0.2, 0) is 0 Å². The van der Waals surface area contributed by atoms with Gasteiger partial charge in [-0.25, -0.2) is 13.8 Å². The molecule has 1 heterocycles. The predicted octanol–water partition coefficient (Wildman–Crippen LogP) is 3.83. The largest absolute Gasteiger partial charge is 0.356 e. The molecule has 0 amide bonds. The Morgan fingerprint density at radius 2 is 2.21 bits per heavy atom. The Morgan fingerprint density at radius 3 is 2.88 bits per heavy atom. The SMILES string of the molecule is CN=C(NCCCSc1nccs1)NC(C)c1ccc(F)c(F)c1. The molecule has 0 saturated heterocycles. The van der Waals surface area contributed by atoms with Gasteiger partial charge in [0.25, 0.3) is 0 Å². The van der Waals surface area contributed by atoms with Crippen molar-refractivity contribution in [2.45, 2.75) is 23.7 Å². The molecule has 1 atom stereocenters. The monoisotopic (exact) mass is 370 g/mol. The minimum atomic E-state index is -0.844.